The molecule has 3 rings (SSSR count). The lowest BCUT2D eigenvalue weighted by Gasteiger charge is -2.17. The van der Waals surface area contributed by atoms with E-state index in [0.29, 0.717) is 13.0 Å². The van der Waals surface area contributed by atoms with Gasteiger partial charge in [-0.15, -0.1) is 0 Å². The zero-order valence-corrected chi connectivity index (χ0v) is 11.5. The first-order valence-corrected chi connectivity index (χ1v) is 6.82. The van der Waals surface area contributed by atoms with Crippen LogP contribution >= 0.6 is 0 Å². The van der Waals surface area contributed by atoms with Crippen LogP contribution in [0.15, 0.2) is 18.5 Å². The minimum Gasteiger partial charge on any atom is -0.368 e. The van der Waals surface area contributed by atoms with Crippen molar-refractivity contribution in [2.45, 2.75) is 32.9 Å². The molecule has 3 heterocycles. The van der Waals surface area contributed by atoms with Crippen LogP contribution in [0.5, 0.6) is 0 Å². The number of rotatable bonds is 4. The van der Waals surface area contributed by atoms with Gasteiger partial charge in [0.25, 0.3) is 0 Å². The molecule has 0 saturated heterocycles. The molecule has 2 aromatic heterocycles. The monoisotopic (exact) mass is 274 g/mol. The molecule has 0 unspecified atom stereocenters. The van der Waals surface area contributed by atoms with E-state index in [1.54, 1.807) is 12.4 Å². The van der Waals surface area contributed by atoms with Crippen LogP contribution in [0.2, 0.25) is 0 Å². The van der Waals surface area contributed by atoms with Crippen LogP contribution in [0.1, 0.15) is 18.5 Å². The molecule has 0 fully saturated rings. The molecule has 0 spiro atoms. The van der Waals surface area contributed by atoms with Gasteiger partial charge in [0.1, 0.15) is 11.5 Å². The third-order valence-electron chi connectivity index (χ3n) is 3.43. The number of amides is 1. The van der Waals surface area contributed by atoms with E-state index in [4.69, 9.17) is 0 Å². The number of aromatic nitrogens is 4. The number of nitrogens with zero attached hydrogens (tertiary/aromatic N) is 4. The maximum Gasteiger partial charge on any atom is 0.226 e. The number of hydrogen-bond acceptors (Lipinski definition) is 4. The fourth-order valence-electron chi connectivity index (χ4n) is 2.32. The molecule has 0 radical (unpaired) electrons. The van der Waals surface area contributed by atoms with Crippen LogP contribution in [0.25, 0.3) is 0 Å². The van der Waals surface area contributed by atoms with Gasteiger partial charge in [0.2, 0.25) is 5.91 Å². The summed E-state index contributed by atoms with van der Waals surface area (Å²) in [4.78, 5) is 12.0. The van der Waals surface area contributed by atoms with Crippen molar-refractivity contribution < 1.29 is 4.79 Å². The molecule has 20 heavy (non-hydrogen) atoms. The molecule has 7 nitrogen and oxygen atoms in total. The normalized spacial score (nSPS) is 13.7. The first kappa shape index (κ1) is 12.7. The van der Waals surface area contributed by atoms with Crippen molar-refractivity contribution >= 4 is 17.4 Å². The summed E-state index contributed by atoms with van der Waals surface area (Å²) in [7, 11) is 0. The van der Waals surface area contributed by atoms with Crippen molar-refractivity contribution in [2.75, 3.05) is 17.2 Å². The molecular weight excluding hydrogens is 256 g/mol. The third-order valence-corrected chi connectivity index (χ3v) is 3.43. The van der Waals surface area contributed by atoms with E-state index in [1.807, 2.05) is 22.4 Å². The number of fused-ring (bicyclic) bond motifs is 1. The van der Waals surface area contributed by atoms with E-state index < -0.39 is 0 Å². The molecule has 1 aliphatic rings. The Labute approximate surface area is 117 Å². The SMILES string of the molecule is Cc1ccnn1CCC(=O)Nc1cnn2c1NCCC2. The standard InChI is InChI=1S/C13H18N6O/c1-10-3-6-15-18(10)8-4-12(20)17-11-9-16-19-7-2-5-14-13(11)19/h3,6,9,14H,2,4-5,7-8H2,1H3,(H,17,20). The third kappa shape index (κ3) is 2.52. The highest BCUT2D eigenvalue weighted by molar-refractivity contribution is 5.93. The fourth-order valence-corrected chi connectivity index (χ4v) is 2.32. The van der Waals surface area contributed by atoms with Gasteiger partial charge in [-0.1, -0.05) is 0 Å². The second-order valence-electron chi connectivity index (χ2n) is 4.90. The maximum atomic E-state index is 12.0. The van der Waals surface area contributed by atoms with E-state index in [1.165, 1.54) is 0 Å². The molecular formula is C13H18N6O. The first-order chi connectivity index (χ1) is 9.74. The maximum absolute atomic E-state index is 12.0. The number of nitrogens with one attached hydrogen (secondary N) is 2. The average molecular weight is 274 g/mol. The number of carbonyl (C=O) groups is 1. The smallest absolute Gasteiger partial charge is 0.226 e. The lowest BCUT2D eigenvalue weighted by atomic mass is 10.3. The van der Waals surface area contributed by atoms with Gasteiger partial charge in [-0.05, 0) is 19.4 Å². The molecule has 1 amide bonds. The molecule has 0 aromatic carbocycles. The summed E-state index contributed by atoms with van der Waals surface area (Å²) in [5.74, 6) is 0.878. The van der Waals surface area contributed by atoms with Crippen molar-refractivity contribution in [1.82, 2.24) is 19.6 Å². The van der Waals surface area contributed by atoms with Gasteiger partial charge in [-0.3, -0.25) is 9.48 Å². The summed E-state index contributed by atoms with van der Waals surface area (Å²) in [6.07, 6.45) is 4.89. The highest BCUT2D eigenvalue weighted by Crippen LogP contribution is 2.24. The van der Waals surface area contributed by atoms with Gasteiger partial charge in [0, 0.05) is 37.9 Å². The van der Waals surface area contributed by atoms with Crippen molar-refractivity contribution in [2.24, 2.45) is 0 Å². The molecule has 106 valence electrons. The van der Waals surface area contributed by atoms with Crippen LogP contribution in [0.4, 0.5) is 11.5 Å². The number of hydrogen-bond donors (Lipinski definition) is 2. The Balaban J connectivity index is 1.59. The lowest BCUT2D eigenvalue weighted by molar-refractivity contribution is -0.116. The van der Waals surface area contributed by atoms with Crippen molar-refractivity contribution in [1.29, 1.82) is 0 Å². The highest BCUT2D eigenvalue weighted by atomic mass is 16.1. The molecule has 0 aliphatic carbocycles. The van der Waals surface area contributed by atoms with E-state index in [9.17, 15) is 4.79 Å². The van der Waals surface area contributed by atoms with Crippen molar-refractivity contribution in [3.05, 3.63) is 24.2 Å². The van der Waals surface area contributed by atoms with Crippen LogP contribution in [-0.4, -0.2) is 32.0 Å². The van der Waals surface area contributed by atoms with Crippen molar-refractivity contribution in [3.63, 3.8) is 0 Å². The molecule has 0 saturated carbocycles. The second-order valence-corrected chi connectivity index (χ2v) is 4.90. The summed E-state index contributed by atoms with van der Waals surface area (Å²) in [6, 6.07) is 1.93. The summed E-state index contributed by atoms with van der Waals surface area (Å²) in [5.41, 5.74) is 1.81. The zero-order chi connectivity index (χ0) is 13.9. The van der Waals surface area contributed by atoms with Gasteiger partial charge >= 0.3 is 0 Å². The van der Waals surface area contributed by atoms with Gasteiger partial charge in [0.05, 0.1) is 6.20 Å². The Kier molecular flexibility index (Phi) is 3.41. The lowest BCUT2D eigenvalue weighted by Crippen LogP contribution is -2.20. The molecule has 0 bridgehead atoms. The quantitative estimate of drug-likeness (QED) is 0.879. The Hall–Kier alpha value is -2.31. The minimum atomic E-state index is -0.0249. The zero-order valence-electron chi connectivity index (χ0n) is 11.5. The fraction of sp³-hybridized carbons (Fsp3) is 0.462. The van der Waals surface area contributed by atoms with Gasteiger partial charge in [-0.2, -0.15) is 10.2 Å². The Morgan fingerprint density at radius 1 is 1.50 bits per heavy atom. The average Bonchev–Trinajstić information content (AvgIpc) is 3.04. The summed E-state index contributed by atoms with van der Waals surface area (Å²) >= 11 is 0. The Bertz CT molecular complexity index is 614. The van der Waals surface area contributed by atoms with Gasteiger partial charge in [0.15, 0.2) is 0 Å². The Morgan fingerprint density at radius 3 is 3.20 bits per heavy atom. The van der Waals surface area contributed by atoms with Crippen LogP contribution in [0, 0.1) is 6.92 Å². The van der Waals surface area contributed by atoms with Gasteiger partial charge in [-0.25, -0.2) is 4.68 Å². The molecule has 7 heteroatoms. The van der Waals surface area contributed by atoms with Gasteiger partial charge < -0.3 is 10.6 Å². The van der Waals surface area contributed by atoms with Crippen LogP contribution in [0.3, 0.4) is 0 Å². The summed E-state index contributed by atoms with van der Waals surface area (Å²) in [5, 5.41) is 14.6. The van der Waals surface area contributed by atoms with E-state index >= 15 is 0 Å². The van der Waals surface area contributed by atoms with E-state index in [0.717, 1.165) is 36.7 Å². The predicted molar refractivity (Wildman–Crippen MR) is 75.5 cm³/mol. The van der Waals surface area contributed by atoms with Crippen LogP contribution in [-0.2, 0) is 17.9 Å². The molecule has 2 N–H and O–H groups in total. The molecule has 0 atom stereocenters. The molecule has 1 aliphatic heterocycles. The molecule has 2 aromatic rings. The highest BCUT2D eigenvalue weighted by Gasteiger charge is 2.15. The Morgan fingerprint density at radius 2 is 2.40 bits per heavy atom. The van der Waals surface area contributed by atoms with Crippen molar-refractivity contribution in [3.8, 4) is 0 Å². The summed E-state index contributed by atoms with van der Waals surface area (Å²) in [6.45, 7) is 4.37. The minimum absolute atomic E-state index is 0.0249. The van der Waals surface area contributed by atoms with E-state index in [2.05, 4.69) is 20.8 Å². The van der Waals surface area contributed by atoms with E-state index in [-0.39, 0.29) is 5.91 Å². The number of carbonyl (C=O) groups excluding carboxylic acids is 1. The van der Waals surface area contributed by atoms with Crippen LogP contribution < -0.4 is 10.6 Å². The topological polar surface area (TPSA) is 76.8 Å². The first-order valence-electron chi connectivity index (χ1n) is 6.82. The summed E-state index contributed by atoms with van der Waals surface area (Å²) < 4.78 is 3.71. The number of aryl methyl sites for hydroxylation is 3. The second kappa shape index (κ2) is 5.36. The largest absolute Gasteiger partial charge is 0.368 e. The predicted octanol–water partition coefficient (Wildman–Crippen LogP) is 1.23. The number of anilines is 2.